The van der Waals surface area contributed by atoms with Crippen LogP contribution in [0.25, 0.3) is 11.0 Å². The molecule has 0 N–H and O–H groups in total. The topological polar surface area (TPSA) is 63.4 Å². The Bertz CT molecular complexity index is 1090. The van der Waals surface area contributed by atoms with E-state index in [-0.39, 0.29) is 17.1 Å². The number of aryl methyl sites for hydroxylation is 1. The highest BCUT2D eigenvalue weighted by Crippen LogP contribution is 2.38. The number of hydrogen-bond acceptors (Lipinski definition) is 4. The summed E-state index contributed by atoms with van der Waals surface area (Å²) in [7, 11) is 0. The molecule has 1 aliphatic rings. The number of unbranched alkanes of at least 4 members (excludes halogenated alkanes) is 1. The Morgan fingerprint density at radius 1 is 1.26 bits per heavy atom. The van der Waals surface area contributed by atoms with E-state index >= 15 is 0 Å². The lowest BCUT2D eigenvalue weighted by atomic mass is 10.0. The first-order chi connectivity index (χ1) is 13.0. The summed E-state index contributed by atoms with van der Waals surface area (Å²) >= 11 is 6.22. The van der Waals surface area contributed by atoms with Crippen LogP contribution in [-0.4, -0.2) is 22.3 Å². The average Bonchev–Trinajstić information content (AvgIpc) is 2.95. The average molecular weight is 383 g/mol. The van der Waals surface area contributed by atoms with Crippen molar-refractivity contribution in [3.63, 3.8) is 0 Å². The summed E-state index contributed by atoms with van der Waals surface area (Å²) < 4.78 is 5.92. The van der Waals surface area contributed by atoms with Crippen LogP contribution in [0.1, 0.15) is 53.2 Å². The molecule has 3 heterocycles. The van der Waals surface area contributed by atoms with Crippen molar-refractivity contribution >= 4 is 28.5 Å². The first kappa shape index (κ1) is 17.7. The number of hydrogen-bond donors (Lipinski definition) is 0. The van der Waals surface area contributed by atoms with Crippen molar-refractivity contribution in [3.8, 4) is 0 Å². The molecule has 5 nitrogen and oxygen atoms in total. The largest absolute Gasteiger partial charge is 0.450 e. The van der Waals surface area contributed by atoms with Crippen LogP contribution in [0.2, 0.25) is 5.02 Å². The SMILES string of the molecule is CCCCN1C(=O)c2oc3cc(C)c(Cl)cc3c(=O)c2C1c1ccccn1. The highest BCUT2D eigenvalue weighted by atomic mass is 35.5. The number of nitrogens with zero attached hydrogens (tertiary/aromatic N) is 2. The van der Waals surface area contributed by atoms with Crippen LogP contribution < -0.4 is 5.43 Å². The molecule has 1 atom stereocenters. The Morgan fingerprint density at radius 3 is 2.78 bits per heavy atom. The lowest BCUT2D eigenvalue weighted by molar-refractivity contribution is 0.0723. The van der Waals surface area contributed by atoms with Gasteiger partial charge in [-0.1, -0.05) is 31.0 Å². The van der Waals surface area contributed by atoms with Crippen LogP contribution in [-0.2, 0) is 0 Å². The molecular weight excluding hydrogens is 364 g/mol. The molecule has 1 unspecified atom stereocenters. The molecule has 0 fully saturated rings. The minimum Gasteiger partial charge on any atom is -0.450 e. The van der Waals surface area contributed by atoms with Gasteiger partial charge in [-0.05, 0) is 43.2 Å². The third-order valence-electron chi connectivity index (χ3n) is 4.97. The van der Waals surface area contributed by atoms with E-state index in [1.165, 1.54) is 0 Å². The third-order valence-corrected chi connectivity index (χ3v) is 5.37. The van der Waals surface area contributed by atoms with E-state index in [9.17, 15) is 9.59 Å². The Kier molecular flexibility index (Phi) is 4.48. The van der Waals surface area contributed by atoms with Crippen LogP contribution >= 0.6 is 11.6 Å². The Balaban J connectivity index is 1.99. The van der Waals surface area contributed by atoms with Crippen LogP contribution in [0.4, 0.5) is 0 Å². The van der Waals surface area contributed by atoms with E-state index in [0.717, 1.165) is 18.4 Å². The van der Waals surface area contributed by atoms with Gasteiger partial charge < -0.3 is 9.32 Å². The minimum absolute atomic E-state index is 0.112. The van der Waals surface area contributed by atoms with Gasteiger partial charge in [0.05, 0.1) is 16.6 Å². The van der Waals surface area contributed by atoms with Crippen molar-refractivity contribution < 1.29 is 9.21 Å². The monoisotopic (exact) mass is 382 g/mol. The maximum absolute atomic E-state index is 13.3. The van der Waals surface area contributed by atoms with Gasteiger partial charge in [0.15, 0.2) is 5.43 Å². The first-order valence-corrected chi connectivity index (χ1v) is 9.39. The predicted octanol–water partition coefficient (Wildman–Crippen LogP) is 4.50. The zero-order chi connectivity index (χ0) is 19.1. The van der Waals surface area contributed by atoms with E-state index < -0.39 is 6.04 Å². The van der Waals surface area contributed by atoms with E-state index in [4.69, 9.17) is 16.0 Å². The molecule has 0 saturated carbocycles. The molecule has 0 bridgehead atoms. The number of amides is 1. The molecule has 1 aromatic carbocycles. The van der Waals surface area contributed by atoms with E-state index in [0.29, 0.717) is 33.8 Å². The fourth-order valence-corrected chi connectivity index (χ4v) is 3.71. The second-order valence-corrected chi connectivity index (χ2v) is 7.19. The molecule has 0 aliphatic carbocycles. The van der Waals surface area contributed by atoms with Gasteiger partial charge in [0.1, 0.15) is 11.6 Å². The maximum Gasteiger partial charge on any atom is 0.290 e. The van der Waals surface area contributed by atoms with Gasteiger partial charge in [0, 0.05) is 17.8 Å². The van der Waals surface area contributed by atoms with Crippen molar-refractivity contribution in [1.82, 2.24) is 9.88 Å². The normalized spacial score (nSPS) is 16.2. The van der Waals surface area contributed by atoms with Gasteiger partial charge >= 0.3 is 0 Å². The summed E-state index contributed by atoms with van der Waals surface area (Å²) in [4.78, 5) is 32.5. The molecule has 0 radical (unpaired) electrons. The Labute approximate surface area is 161 Å². The molecule has 138 valence electrons. The molecule has 4 rings (SSSR count). The minimum atomic E-state index is -0.541. The molecule has 6 heteroatoms. The summed E-state index contributed by atoms with van der Waals surface area (Å²) in [6, 6.07) is 8.28. The van der Waals surface area contributed by atoms with Crippen LogP contribution in [0, 0.1) is 6.92 Å². The number of pyridine rings is 1. The second kappa shape index (κ2) is 6.82. The van der Waals surface area contributed by atoms with E-state index in [1.807, 2.05) is 25.1 Å². The van der Waals surface area contributed by atoms with E-state index in [1.54, 1.807) is 23.2 Å². The quantitative estimate of drug-likeness (QED) is 0.666. The number of rotatable bonds is 4. The van der Waals surface area contributed by atoms with Gasteiger partial charge in [0.25, 0.3) is 5.91 Å². The summed E-state index contributed by atoms with van der Waals surface area (Å²) in [6.45, 7) is 4.43. The molecule has 1 amide bonds. The molecule has 27 heavy (non-hydrogen) atoms. The number of benzene rings is 1. The van der Waals surface area contributed by atoms with Gasteiger partial charge in [0.2, 0.25) is 5.76 Å². The number of aromatic nitrogens is 1. The summed E-state index contributed by atoms with van der Waals surface area (Å²) in [5.41, 5.74) is 1.96. The molecule has 1 aliphatic heterocycles. The predicted molar refractivity (Wildman–Crippen MR) is 104 cm³/mol. The third kappa shape index (κ3) is 2.82. The van der Waals surface area contributed by atoms with Gasteiger partial charge in [-0.25, -0.2) is 0 Å². The lowest BCUT2D eigenvalue weighted by Gasteiger charge is -2.24. The highest BCUT2D eigenvalue weighted by molar-refractivity contribution is 6.32. The molecule has 2 aromatic heterocycles. The van der Waals surface area contributed by atoms with Crippen LogP contribution in [0.15, 0.2) is 45.7 Å². The van der Waals surface area contributed by atoms with Crippen molar-refractivity contribution in [2.75, 3.05) is 6.54 Å². The van der Waals surface area contributed by atoms with Gasteiger partial charge in [-0.15, -0.1) is 0 Å². The van der Waals surface area contributed by atoms with E-state index in [2.05, 4.69) is 11.9 Å². The second-order valence-electron chi connectivity index (χ2n) is 6.78. The van der Waals surface area contributed by atoms with Crippen molar-refractivity contribution in [2.45, 2.75) is 32.7 Å². The lowest BCUT2D eigenvalue weighted by Crippen LogP contribution is -2.31. The number of halogens is 1. The van der Waals surface area contributed by atoms with Crippen LogP contribution in [0.3, 0.4) is 0 Å². The molecule has 3 aromatic rings. The Morgan fingerprint density at radius 2 is 2.07 bits per heavy atom. The number of fused-ring (bicyclic) bond motifs is 2. The standard InChI is InChI=1S/C21H19ClN2O3/c1-3-4-9-24-18(15-7-5-6-8-23-15)17-19(25)13-11-14(22)12(2)10-16(13)27-20(17)21(24)26/h5-8,10-11,18H,3-4,9H2,1-2H3. The fraction of sp³-hybridized carbons (Fsp3) is 0.286. The van der Waals surface area contributed by atoms with Crippen LogP contribution in [0.5, 0.6) is 0 Å². The maximum atomic E-state index is 13.3. The zero-order valence-electron chi connectivity index (χ0n) is 15.2. The smallest absolute Gasteiger partial charge is 0.290 e. The van der Waals surface area contributed by atoms with Crippen molar-refractivity contribution in [1.29, 1.82) is 0 Å². The number of carbonyl (C=O) groups is 1. The fourth-order valence-electron chi connectivity index (χ4n) is 3.55. The summed E-state index contributed by atoms with van der Waals surface area (Å²) in [5.74, 6) is -0.151. The number of carbonyl (C=O) groups excluding carboxylic acids is 1. The summed E-state index contributed by atoms with van der Waals surface area (Å²) in [6.07, 6.45) is 3.44. The van der Waals surface area contributed by atoms with Gasteiger partial charge in [-0.3, -0.25) is 14.6 Å². The molecule has 0 spiro atoms. The highest BCUT2D eigenvalue weighted by Gasteiger charge is 2.43. The molecular formula is C21H19ClN2O3. The van der Waals surface area contributed by atoms with Crippen molar-refractivity contribution in [2.24, 2.45) is 0 Å². The van der Waals surface area contributed by atoms with Crippen molar-refractivity contribution in [3.05, 3.63) is 74.4 Å². The van der Waals surface area contributed by atoms with Gasteiger partial charge in [-0.2, -0.15) is 0 Å². The molecule has 0 saturated heterocycles. The zero-order valence-corrected chi connectivity index (χ0v) is 15.9. The Hall–Kier alpha value is -2.66. The first-order valence-electron chi connectivity index (χ1n) is 9.01. The summed E-state index contributed by atoms with van der Waals surface area (Å²) in [5, 5.41) is 0.881.